The number of likely N-dealkylation sites (tertiary alicyclic amines) is 1. The van der Waals surface area contributed by atoms with Crippen molar-refractivity contribution in [3.05, 3.63) is 58.4 Å². The van der Waals surface area contributed by atoms with E-state index in [1.165, 1.54) is 6.07 Å². The minimum Gasteiger partial charge on any atom is -0.343 e. The molecule has 2 amide bonds. The van der Waals surface area contributed by atoms with Crippen LogP contribution in [-0.2, 0) is 4.79 Å². The van der Waals surface area contributed by atoms with E-state index in [9.17, 15) is 14.0 Å². The van der Waals surface area contributed by atoms with Crippen molar-refractivity contribution in [1.29, 1.82) is 0 Å². The second kappa shape index (κ2) is 7.87. The molecule has 1 fully saturated rings. The summed E-state index contributed by atoms with van der Waals surface area (Å²) in [5.74, 6) is -0.705. The number of hydrogen-bond donors (Lipinski definition) is 1. The second-order valence-corrected chi connectivity index (χ2v) is 6.84. The number of benzene rings is 2. The van der Waals surface area contributed by atoms with E-state index in [-0.39, 0.29) is 24.2 Å². The molecule has 136 valence electrons. The Bertz CT molecular complexity index is 830. The average molecular weight is 375 g/mol. The Balaban J connectivity index is 1.66. The van der Waals surface area contributed by atoms with Crippen LogP contribution < -0.4 is 5.32 Å². The third-order valence-corrected chi connectivity index (χ3v) is 4.88. The molecule has 1 saturated heterocycles. The standard InChI is InChI=1S/C20H20ClFN2O2/c1-13-10-16(17(21)11-18(13)22)14-4-6-15(7-5-14)20(26)23-12-19(25)24-8-2-3-9-24/h4-7,10-11H,2-3,8-9,12H2,1H3,(H,23,26). The second-order valence-electron chi connectivity index (χ2n) is 6.43. The summed E-state index contributed by atoms with van der Waals surface area (Å²) in [6, 6.07) is 9.82. The molecule has 6 heteroatoms. The molecule has 26 heavy (non-hydrogen) atoms. The highest BCUT2D eigenvalue weighted by Crippen LogP contribution is 2.30. The number of halogens is 2. The zero-order valence-corrected chi connectivity index (χ0v) is 15.3. The van der Waals surface area contributed by atoms with E-state index in [1.54, 1.807) is 42.2 Å². The summed E-state index contributed by atoms with van der Waals surface area (Å²) in [4.78, 5) is 26.0. The van der Waals surface area contributed by atoms with E-state index in [1.807, 2.05) is 0 Å². The largest absolute Gasteiger partial charge is 0.343 e. The summed E-state index contributed by atoms with van der Waals surface area (Å²) in [6.07, 6.45) is 2.04. The zero-order chi connectivity index (χ0) is 18.7. The molecular weight excluding hydrogens is 355 g/mol. The molecule has 1 aliphatic rings. The highest BCUT2D eigenvalue weighted by molar-refractivity contribution is 6.33. The van der Waals surface area contributed by atoms with Gasteiger partial charge in [-0.15, -0.1) is 0 Å². The predicted molar refractivity (Wildman–Crippen MR) is 99.7 cm³/mol. The van der Waals surface area contributed by atoms with E-state index in [4.69, 9.17) is 11.6 Å². The Morgan fingerprint density at radius 2 is 1.81 bits per heavy atom. The number of amides is 2. The van der Waals surface area contributed by atoms with Crippen LogP contribution in [0.2, 0.25) is 5.02 Å². The van der Waals surface area contributed by atoms with Crippen LogP contribution in [-0.4, -0.2) is 36.3 Å². The van der Waals surface area contributed by atoms with Gasteiger partial charge in [0.1, 0.15) is 5.82 Å². The smallest absolute Gasteiger partial charge is 0.251 e. The molecule has 4 nitrogen and oxygen atoms in total. The van der Waals surface area contributed by atoms with Gasteiger partial charge in [0.15, 0.2) is 0 Å². The van der Waals surface area contributed by atoms with Crippen molar-refractivity contribution in [3.8, 4) is 11.1 Å². The van der Waals surface area contributed by atoms with E-state index in [2.05, 4.69) is 5.32 Å². The van der Waals surface area contributed by atoms with Crippen molar-refractivity contribution >= 4 is 23.4 Å². The van der Waals surface area contributed by atoms with Gasteiger partial charge in [-0.05, 0) is 55.2 Å². The predicted octanol–water partition coefficient (Wildman–Crippen LogP) is 3.81. The number of nitrogens with zero attached hydrogens (tertiary/aromatic N) is 1. The Labute approximate surface area is 157 Å². The summed E-state index contributed by atoms with van der Waals surface area (Å²) in [5, 5.41) is 2.98. The first-order valence-electron chi connectivity index (χ1n) is 8.58. The van der Waals surface area contributed by atoms with Gasteiger partial charge in [0, 0.05) is 24.2 Å². The van der Waals surface area contributed by atoms with E-state index >= 15 is 0 Å². The van der Waals surface area contributed by atoms with Crippen molar-refractivity contribution in [3.63, 3.8) is 0 Å². The van der Waals surface area contributed by atoms with Crippen LogP contribution in [0.5, 0.6) is 0 Å². The summed E-state index contributed by atoms with van der Waals surface area (Å²) in [7, 11) is 0. The van der Waals surface area contributed by atoms with Gasteiger partial charge in [0.2, 0.25) is 5.91 Å². The number of rotatable bonds is 4. The van der Waals surface area contributed by atoms with E-state index in [0.29, 0.717) is 21.7 Å². The summed E-state index contributed by atoms with van der Waals surface area (Å²) in [6.45, 7) is 3.21. The molecule has 2 aromatic rings. The molecule has 0 aliphatic carbocycles. The molecule has 1 aliphatic heterocycles. The quantitative estimate of drug-likeness (QED) is 0.884. The molecule has 2 aromatic carbocycles. The van der Waals surface area contributed by atoms with E-state index < -0.39 is 0 Å². The van der Waals surface area contributed by atoms with Crippen molar-refractivity contribution in [2.45, 2.75) is 19.8 Å². The summed E-state index contributed by atoms with van der Waals surface area (Å²) >= 11 is 6.12. The fourth-order valence-corrected chi connectivity index (χ4v) is 3.28. The van der Waals surface area contributed by atoms with Crippen molar-refractivity contribution in [1.82, 2.24) is 10.2 Å². The normalized spacial score (nSPS) is 13.7. The molecule has 1 N–H and O–H groups in total. The van der Waals surface area contributed by atoms with Crippen molar-refractivity contribution < 1.29 is 14.0 Å². The highest BCUT2D eigenvalue weighted by Gasteiger charge is 2.18. The molecule has 0 saturated carbocycles. The maximum Gasteiger partial charge on any atom is 0.251 e. The highest BCUT2D eigenvalue weighted by atomic mass is 35.5. The Morgan fingerprint density at radius 3 is 2.46 bits per heavy atom. The van der Waals surface area contributed by atoms with Crippen LogP contribution in [0.25, 0.3) is 11.1 Å². The summed E-state index contributed by atoms with van der Waals surface area (Å²) in [5.41, 5.74) is 2.47. The molecule has 0 aromatic heterocycles. The van der Waals surface area contributed by atoms with Crippen LogP contribution in [0.3, 0.4) is 0 Å². The molecule has 0 unspecified atom stereocenters. The minimum absolute atomic E-state index is 0.00354. The van der Waals surface area contributed by atoms with Gasteiger partial charge in [0.05, 0.1) is 11.6 Å². The van der Waals surface area contributed by atoms with Crippen molar-refractivity contribution in [2.24, 2.45) is 0 Å². The van der Waals surface area contributed by atoms with Crippen LogP contribution in [0, 0.1) is 12.7 Å². The number of carbonyl (C=O) groups excluding carboxylic acids is 2. The van der Waals surface area contributed by atoms with Crippen LogP contribution in [0.4, 0.5) is 4.39 Å². The average Bonchev–Trinajstić information content (AvgIpc) is 3.17. The zero-order valence-electron chi connectivity index (χ0n) is 14.5. The first kappa shape index (κ1) is 18.4. The molecule has 0 spiro atoms. The first-order chi connectivity index (χ1) is 12.5. The van der Waals surface area contributed by atoms with Crippen LogP contribution >= 0.6 is 11.6 Å². The Hall–Kier alpha value is -2.40. The lowest BCUT2D eigenvalue weighted by Crippen LogP contribution is -2.38. The topological polar surface area (TPSA) is 49.4 Å². The van der Waals surface area contributed by atoms with Crippen LogP contribution in [0.15, 0.2) is 36.4 Å². The fourth-order valence-electron chi connectivity index (χ4n) is 3.02. The maximum absolute atomic E-state index is 13.5. The SMILES string of the molecule is Cc1cc(-c2ccc(C(=O)NCC(=O)N3CCCC3)cc2)c(Cl)cc1F. The monoisotopic (exact) mass is 374 g/mol. The lowest BCUT2D eigenvalue weighted by molar-refractivity contribution is -0.129. The fraction of sp³-hybridized carbons (Fsp3) is 0.300. The van der Waals surface area contributed by atoms with E-state index in [0.717, 1.165) is 31.5 Å². The minimum atomic E-state index is -0.350. The van der Waals surface area contributed by atoms with Gasteiger partial charge >= 0.3 is 0 Å². The molecule has 0 bridgehead atoms. The molecule has 0 atom stereocenters. The molecule has 0 radical (unpaired) electrons. The summed E-state index contributed by atoms with van der Waals surface area (Å²) < 4.78 is 13.5. The third kappa shape index (κ3) is 4.05. The van der Waals surface area contributed by atoms with Gasteiger partial charge in [-0.2, -0.15) is 0 Å². The third-order valence-electron chi connectivity index (χ3n) is 4.57. The van der Waals surface area contributed by atoms with Crippen LogP contribution in [0.1, 0.15) is 28.8 Å². The van der Waals surface area contributed by atoms with Gasteiger partial charge < -0.3 is 10.2 Å². The molecule has 3 rings (SSSR count). The van der Waals surface area contributed by atoms with Gasteiger partial charge in [-0.25, -0.2) is 4.39 Å². The Kier molecular flexibility index (Phi) is 5.57. The van der Waals surface area contributed by atoms with Gasteiger partial charge in [0.25, 0.3) is 5.91 Å². The van der Waals surface area contributed by atoms with Gasteiger partial charge in [-0.3, -0.25) is 9.59 Å². The molecule has 1 heterocycles. The number of nitrogens with one attached hydrogen (secondary N) is 1. The maximum atomic E-state index is 13.5. The molecular formula is C20H20ClFN2O2. The number of aryl methyl sites for hydroxylation is 1. The van der Waals surface area contributed by atoms with Crippen molar-refractivity contribution in [2.75, 3.05) is 19.6 Å². The van der Waals surface area contributed by atoms with Gasteiger partial charge in [-0.1, -0.05) is 23.7 Å². The first-order valence-corrected chi connectivity index (χ1v) is 8.95. The number of carbonyl (C=O) groups is 2. The lowest BCUT2D eigenvalue weighted by atomic mass is 10.0. The lowest BCUT2D eigenvalue weighted by Gasteiger charge is -2.15. The number of hydrogen-bond acceptors (Lipinski definition) is 2. The Morgan fingerprint density at radius 1 is 1.15 bits per heavy atom.